The van der Waals surface area contributed by atoms with E-state index in [1.54, 1.807) is 42.2 Å². The Kier molecular flexibility index (Phi) is 4.32. The highest BCUT2D eigenvalue weighted by molar-refractivity contribution is 5.94. The maximum atomic E-state index is 12.0. The average Bonchev–Trinajstić information content (AvgIpc) is 3.00. The number of aliphatic carboxylic acids is 1. The average molecular weight is 288 g/mol. The summed E-state index contributed by atoms with van der Waals surface area (Å²) < 4.78 is 1.60. The van der Waals surface area contributed by atoms with Crippen LogP contribution in [0.25, 0.3) is 5.82 Å². The van der Waals surface area contributed by atoms with Gasteiger partial charge in [0.15, 0.2) is 5.82 Å². The van der Waals surface area contributed by atoms with Crippen molar-refractivity contribution in [2.45, 2.75) is 13.8 Å². The highest BCUT2D eigenvalue weighted by atomic mass is 16.4. The molecule has 0 radical (unpaired) electrons. The predicted molar refractivity (Wildman–Crippen MR) is 76.0 cm³/mol. The number of carbonyl (C=O) groups excluding carboxylic acids is 1. The van der Waals surface area contributed by atoms with Crippen molar-refractivity contribution >= 4 is 17.6 Å². The Morgan fingerprint density at radius 3 is 2.57 bits per heavy atom. The molecule has 0 aliphatic heterocycles. The number of nitrogens with one attached hydrogen (secondary N) is 1. The Bertz CT molecular complexity index is 622. The van der Waals surface area contributed by atoms with Crippen molar-refractivity contribution in [3.05, 3.63) is 36.8 Å². The third-order valence-corrected chi connectivity index (χ3v) is 3.31. The molecule has 7 nitrogen and oxygen atoms in total. The molecule has 0 bridgehead atoms. The first-order chi connectivity index (χ1) is 9.99. The largest absolute Gasteiger partial charge is 0.481 e. The number of anilines is 1. The highest BCUT2D eigenvalue weighted by Gasteiger charge is 2.25. The Hall–Kier alpha value is -2.70. The Morgan fingerprint density at radius 2 is 2.05 bits per heavy atom. The fourth-order valence-electron chi connectivity index (χ4n) is 1.70. The van der Waals surface area contributed by atoms with Gasteiger partial charge >= 0.3 is 5.97 Å². The van der Waals surface area contributed by atoms with Crippen LogP contribution in [0, 0.1) is 11.8 Å². The molecular formula is C14H16N4O3. The standard InChI is InChI=1S/C14H16N4O3/c1-9(10(2)14(20)21)13(19)17-11-4-5-12(15-8-11)18-7-3-6-16-18/h3-10H,1-2H3,(H,17,19)(H,20,21). The summed E-state index contributed by atoms with van der Waals surface area (Å²) in [5, 5.41) is 15.6. The molecule has 0 spiro atoms. The minimum atomic E-state index is -0.996. The number of carbonyl (C=O) groups is 2. The number of rotatable bonds is 5. The van der Waals surface area contributed by atoms with Crippen LogP contribution in [0.1, 0.15) is 13.8 Å². The first kappa shape index (κ1) is 14.7. The minimum absolute atomic E-state index is 0.349. The monoisotopic (exact) mass is 288 g/mol. The summed E-state index contributed by atoms with van der Waals surface area (Å²) in [5.41, 5.74) is 0.514. The lowest BCUT2D eigenvalue weighted by molar-refractivity contribution is -0.145. The summed E-state index contributed by atoms with van der Waals surface area (Å²) in [4.78, 5) is 27.0. The van der Waals surface area contributed by atoms with Gasteiger partial charge in [0, 0.05) is 18.3 Å². The summed E-state index contributed by atoms with van der Waals surface area (Å²) in [6.45, 7) is 3.09. The van der Waals surface area contributed by atoms with E-state index in [0.717, 1.165) is 0 Å². The molecule has 0 aliphatic carbocycles. The van der Waals surface area contributed by atoms with Crippen molar-refractivity contribution in [2.24, 2.45) is 11.8 Å². The number of carboxylic acid groups (broad SMARTS) is 1. The van der Waals surface area contributed by atoms with E-state index in [1.807, 2.05) is 0 Å². The molecule has 0 saturated carbocycles. The van der Waals surface area contributed by atoms with Crippen molar-refractivity contribution in [3.63, 3.8) is 0 Å². The number of nitrogens with zero attached hydrogens (tertiary/aromatic N) is 3. The molecule has 2 N–H and O–H groups in total. The lowest BCUT2D eigenvalue weighted by Gasteiger charge is -2.15. The Morgan fingerprint density at radius 1 is 1.29 bits per heavy atom. The molecular weight excluding hydrogens is 272 g/mol. The third kappa shape index (κ3) is 3.44. The van der Waals surface area contributed by atoms with Crippen molar-refractivity contribution in [2.75, 3.05) is 5.32 Å². The molecule has 1 amide bonds. The molecule has 2 heterocycles. The van der Waals surface area contributed by atoms with E-state index in [1.165, 1.54) is 13.1 Å². The topological polar surface area (TPSA) is 97.1 Å². The molecule has 0 aliphatic rings. The maximum absolute atomic E-state index is 12.0. The fraction of sp³-hybridized carbons (Fsp3) is 0.286. The molecule has 2 unspecified atom stereocenters. The minimum Gasteiger partial charge on any atom is -0.481 e. The normalized spacial score (nSPS) is 13.4. The summed E-state index contributed by atoms with van der Waals surface area (Å²) in [7, 11) is 0. The lowest BCUT2D eigenvalue weighted by Crippen LogP contribution is -2.30. The molecule has 7 heteroatoms. The molecule has 2 rings (SSSR count). The molecule has 2 aromatic heterocycles. The van der Waals surface area contributed by atoms with Crippen LogP contribution in [-0.2, 0) is 9.59 Å². The van der Waals surface area contributed by atoms with Gasteiger partial charge in [-0.1, -0.05) is 13.8 Å². The van der Waals surface area contributed by atoms with Crippen molar-refractivity contribution in [1.29, 1.82) is 0 Å². The van der Waals surface area contributed by atoms with Crippen molar-refractivity contribution in [3.8, 4) is 5.82 Å². The zero-order valence-electron chi connectivity index (χ0n) is 11.7. The first-order valence-electron chi connectivity index (χ1n) is 6.49. The van der Waals surface area contributed by atoms with Crippen LogP contribution >= 0.6 is 0 Å². The molecule has 0 fully saturated rings. The van der Waals surface area contributed by atoms with Gasteiger partial charge < -0.3 is 10.4 Å². The second kappa shape index (κ2) is 6.17. The third-order valence-electron chi connectivity index (χ3n) is 3.31. The van der Waals surface area contributed by atoms with Gasteiger partial charge in [-0.05, 0) is 18.2 Å². The fourth-order valence-corrected chi connectivity index (χ4v) is 1.70. The number of amides is 1. The van der Waals surface area contributed by atoms with Crippen LogP contribution in [0.4, 0.5) is 5.69 Å². The van der Waals surface area contributed by atoms with Gasteiger partial charge in [0.25, 0.3) is 0 Å². The predicted octanol–water partition coefficient (Wildman–Crippen LogP) is 1.56. The van der Waals surface area contributed by atoms with Gasteiger partial charge in [0.1, 0.15) is 0 Å². The van der Waals surface area contributed by atoms with Gasteiger partial charge in [-0.3, -0.25) is 9.59 Å². The summed E-state index contributed by atoms with van der Waals surface area (Å²) in [5.74, 6) is -2.09. The Labute approximate surface area is 121 Å². The zero-order chi connectivity index (χ0) is 15.4. The lowest BCUT2D eigenvalue weighted by atomic mass is 9.95. The van der Waals surface area contributed by atoms with E-state index in [-0.39, 0.29) is 5.91 Å². The van der Waals surface area contributed by atoms with Gasteiger partial charge in [0.2, 0.25) is 5.91 Å². The van der Waals surface area contributed by atoms with Crippen LogP contribution in [0.3, 0.4) is 0 Å². The van der Waals surface area contributed by atoms with E-state index in [9.17, 15) is 9.59 Å². The SMILES string of the molecule is CC(C(=O)O)C(C)C(=O)Nc1ccc(-n2cccn2)nc1. The van der Waals surface area contributed by atoms with E-state index >= 15 is 0 Å². The van der Waals surface area contributed by atoms with Crippen LogP contribution in [0.5, 0.6) is 0 Å². The molecule has 0 aromatic carbocycles. The Balaban J connectivity index is 2.03. The summed E-state index contributed by atoms with van der Waals surface area (Å²) in [6.07, 6.45) is 4.91. The van der Waals surface area contributed by atoms with Gasteiger partial charge in [-0.25, -0.2) is 9.67 Å². The molecule has 0 saturated heterocycles. The van der Waals surface area contributed by atoms with Crippen molar-refractivity contribution in [1.82, 2.24) is 14.8 Å². The van der Waals surface area contributed by atoms with Crippen LogP contribution in [-0.4, -0.2) is 31.7 Å². The highest BCUT2D eigenvalue weighted by Crippen LogP contribution is 2.15. The number of pyridine rings is 1. The van der Waals surface area contributed by atoms with Crippen LogP contribution in [0.2, 0.25) is 0 Å². The quantitative estimate of drug-likeness (QED) is 0.870. The van der Waals surface area contributed by atoms with Gasteiger partial charge in [-0.15, -0.1) is 0 Å². The maximum Gasteiger partial charge on any atom is 0.307 e. The zero-order valence-corrected chi connectivity index (χ0v) is 11.7. The van der Waals surface area contributed by atoms with Gasteiger partial charge in [0.05, 0.1) is 17.8 Å². The summed E-state index contributed by atoms with van der Waals surface area (Å²) >= 11 is 0. The molecule has 2 atom stereocenters. The molecule has 110 valence electrons. The smallest absolute Gasteiger partial charge is 0.307 e. The van der Waals surface area contributed by atoms with Gasteiger partial charge in [-0.2, -0.15) is 5.10 Å². The van der Waals surface area contributed by atoms with E-state index in [0.29, 0.717) is 11.5 Å². The van der Waals surface area contributed by atoms with Crippen LogP contribution < -0.4 is 5.32 Å². The first-order valence-corrected chi connectivity index (χ1v) is 6.49. The molecule has 21 heavy (non-hydrogen) atoms. The van der Waals surface area contributed by atoms with E-state index in [4.69, 9.17) is 5.11 Å². The number of aromatic nitrogens is 3. The van der Waals surface area contributed by atoms with Crippen molar-refractivity contribution < 1.29 is 14.7 Å². The second-order valence-corrected chi connectivity index (χ2v) is 4.76. The summed E-state index contributed by atoms with van der Waals surface area (Å²) in [6, 6.07) is 5.19. The molecule has 2 aromatic rings. The van der Waals surface area contributed by atoms with E-state index < -0.39 is 17.8 Å². The number of hydrogen-bond acceptors (Lipinski definition) is 4. The second-order valence-electron chi connectivity index (χ2n) is 4.76. The number of hydrogen-bond donors (Lipinski definition) is 2. The van der Waals surface area contributed by atoms with E-state index in [2.05, 4.69) is 15.4 Å². The van der Waals surface area contributed by atoms with Crippen LogP contribution in [0.15, 0.2) is 36.8 Å². The number of carboxylic acids is 1.